The molecule has 1 aromatic rings. The Kier molecular flexibility index (Phi) is 3.32. The van der Waals surface area contributed by atoms with Crippen molar-refractivity contribution in [2.45, 2.75) is 38.0 Å². The van der Waals surface area contributed by atoms with Crippen LogP contribution in [0.1, 0.15) is 31.7 Å². The van der Waals surface area contributed by atoms with Crippen LogP contribution in [0.4, 0.5) is 0 Å². The van der Waals surface area contributed by atoms with E-state index in [0.717, 1.165) is 17.7 Å². The van der Waals surface area contributed by atoms with Gasteiger partial charge in [-0.15, -0.1) is 0 Å². The summed E-state index contributed by atoms with van der Waals surface area (Å²) in [5.41, 5.74) is 2.08. The van der Waals surface area contributed by atoms with Crippen LogP contribution in [0.5, 0.6) is 0 Å². The van der Waals surface area contributed by atoms with E-state index < -0.39 is 10.0 Å². The summed E-state index contributed by atoms with van der Waals surface area (Å²) in [5.74, 6) is 1.59. The molecule has 1 unspecified atom stereocenters. The number of hydrogen-bond donors (Lipinski definition) is 1. The highest BCUT2D eigenvalue weighted by molar-refractivity contribution is 7.89. The van der Waals surface area contributed by atoms with Crippen LogP contribution in [0, 0.1) is 24.7 Å². The molecular formula is C15H20N2O2S. The van der Waals surface area contributed by atoms with Crippen LogP contribution in [0.3, 0.4) is 0 Å². The maximum atomic E-state index is 12.2. The summed E-state index contributed by atoms with van der Waals surface area (Å²) in [5, 5.41) is 4.24. The van der Waals surface area contributed by atoms with Crippen LogP contribution in [0.25, 0.3) is 0 Å². The van der Waals surface area contributed by atoms with Crippen molar-refractivity contribution < 1.29 is 8.42 Å². The number of hydrogen-bond acceptors (Lipinski definition) is 3. The SMILES string of the molecule is Cc1ccc(S(=O)(=O)N/N=C2\C(C)[C@H]3CC[C@@H]2C3)cc1. The van der Waals surface area contributed by atoms with E-state index in [4.69, 9.17) is 0 Å². The maximum absolute atomic E-state index is 12.2. The van der Waals surface area contributed by atoms with Crippen molar-refractivity contribution in [2.75, 3.05) is 0 Å². The Morgan fingerprint density at radius 3 is 2.50 bits per heavy atom. The summed E-state index contributed by atoms with van der Waals surface area (Å²) in [6.45, 7) is 4.09. The van der Waals surface area contributed by atoms with Crippen LogP contribution < -0.4 is 4.83 Å². The zero-order chi connectivity index (χ0) is 14.3. The molecule has 0 amide bonds. The Hall–Kier alpha value is -1.36. The van der Waals surface area contributed by atoms with Gasteiger partial charge in [0.15, 0.2) is 0 Å². The van der Waals surface area contributed by atoms with Gasteiger partial charge in [0.25, 0.3) is 10.0 Å². The number of hydrazone groups is 1. The summed E-state index contributed by atoms with van der Waals surface area (Å²) in [6, 6.07) is 6.81. The van der Waals surface area contributed by atoms with Gasteiger partial charge in [0, 0.05) is 5.71 Å². The fourth-order valence-corrected chi connectivity index (χ4v) is 4.25. The molecule has 1 aromatic carbocycles. The average molecular weight is 292 g/mol. The lowest BCUT2D eigenvalue weighted by atomic mass is 9.89. The number of aryl methyl sites for hydroxylation is 1. The molecule has 0 spiro atoms. The maximum Gasteiger partial charge on any atom is 0.276 e. The summed E-state index contributed by atoms with van der Waals surface area (Å²) in [6.07, 6.45) is 3.59. The van der Waals surface area contributed by atoms with Crippen molar-refractivity contribution in [1.29, 1.82) is 0 Å². The molecule has 4 nitrogen and oxygen atoms in total. The molecule has 3 rings (SSSR count). The number of nitrogens with one attached hydrogen (secondary N) is 1. The normalized spacial score (nSPS) is 30.9. The van der Waals surface area contributed by atoms with Crippen LogP contribution in [0.15, 0.2) is 34.3 Å². The highest BCUT2D eigenvalue weighted by Crippen LogP contribution is 2.46. The van der Waals surface area contributed by atoms with Gasteiger partial charge in [-0.2, -0.15) is 13.5 Å². The third kappa shape index (κ3) is 2.35. The molecule has 20 heavy (non-hydrogen) atoms. The molecule has 0 saturated heterocycles. The summed E-state index contributed by atoms with van der Waals surface area (Å²) < 4.78 is 24.4. The van der Waals surface area contributed by atoms with E-state index in [0.29, 0.717) is 17.8 Å². The van der Waals surface area contributed by atoms with Gasteiger partial charge in [0.1, 0.15) is 0 Å². The van der Waals surface area contributed by atoms with E-state index in [1.165, 1.54) is 12.8 Å². The first-order chi connectivity index (χ1) is 9.47. The molecule has 1 N–H and O–H groups in total. The predicted octanol–water partition coefficient (Wildman–Crippen LogP) is 2.70. The molecule has 2 saturated carbocycles. The zero-order valence-electron chi connectivity index (χ0n) is 11.8. The van der Waals surface area contributed by atoms with E-state index in [2.05, 4.69) is 16.9 Å². The van der Waals surface area contributed by atoms with Crippen molar-refractivity contribution in [1.82, 2.24) is 4.83 Å². The molecule has 0 radical (unpaired) electrons. The van der Waals surface area contributed by atoms with Crippen LogP contribution in [-0.4, -0.2) is 14.1 Å². The zero-order valence-corrected chi connectivity index (χ0v) is 12.7. The van der Waals surface area contributed by atoms with Crippen LogP contribution in [-0.2, 0) is 10.0 Å². The molecule has 2 fully saturated rings. The molecule has 108 valence electrons. The number of rotatable bonds is 3. The minimum atomic E-state index is -3.54. The quantitative estimate of drug-likeness (QED) is 0.871. The van der Waals surface area contributed by atoms with Crippen molar-refractivity contribution >= 4 is 15.7 Å². The van der Waals surface area contributed by atoms with Crippen molar-refractivity contribution in [2.24, 2.45) is 22.9 Å². The predicted molar refractivity (Wildman–Crippen MR) is 78.9 cm³/mol. The summed E-state index contributed by atoms with van der Waals surface area (Å²) in [4.78, 5) is 2.68. The number of nitrogens with zero attached hydrogens (tertiary/aromatic N) is 1. The average Bonchev–Trinajstić information content (AvgIpc) is 2.98. The number of sulfonamides is 1. The molecule has 2 aliphatic carbocycles. The van der Waals surface area contributed by atoms with Crippen molar-refractivity contribution in [3.05, 3.63) is 29.8 Å². The minimum Gasteiger partial charge on any atom is -0.200 e. The largest absolute Gasteiger partial charge is 0.276 e. The van der Waals surface area contributed by atoms with Gasteiger partial charge < -0.3 is 0 Å². The van der Waals surface area contributed by atoms with Crippen molar-refractivity contribution in [3.63, 3.8) is 0 Å². The first-order valence-electron chi connectivity index (χ1n) is 7.13. The second-order valence-corrected chi connectivity index (χ2v) is 7.66. The minimum absolute atomic E-state index is 0.267. The van der Waals surface area contributed by atoms with Gasteiger partial charge in [-0.1, -0.05) is 24.6 Å². The summed E-state index contributed by atoms with van der Waals surface area (Å²) >= 11 is 0. The Labute approximate surface area is 120 Å². The van der Waals surface area contributed by atoms with Gasteiger partial charge in [-0.25, -0.2) is 4.83 Å². The topological polar surface area (TPSA) is 58.5 Å². The molecule has 5 heteroatoms. The highest BCUT2D eigenvalue weighted by atomic mass is 32.2. The second-order valence-electron chi connectivity index (χ2n) is 6.00. The molecule has 2 aliphatic rings. The number of benzene rings is 1. The van der Waals surface area contributed by atoms with Gasteiger partial charge in [-0.3, -0.25) is 0 Å². The smallest absolute Gasteiger partial charge is 0.200 e. The van der Waals surface area contributed by atoms with E-state index in [1.807, 2.05) is 6.92 Å². The Morgan fingerprint density at radius 1 is 1.20 bits per heavy atom. The lowest BCUT2D eigenvalue weighted by Crippen LogP contribution is -2.26. The standard InChI is InChI=1S/C15H20N2O2S/c1-10-3-7-14(8-4-10)20(18,19)17-16-15-11(2)12-5-6-13(15)9-12/h3-4,7-8,11-13,17H,5-6,9H2,1-2H3/b16-15+/t11?,12-,13+/m0/s1. The molecule has 2 bridgehead atoms. The van der Waals surface area contributed by atoms with Gasteiger partial charge >= 0.3 is 0 Å². The third-order valence-electron chi connectivity index (χ3n) is 4.69. The number of fused-ring (bicyclic) bond motifs is 2. The van der Waals surface area contributed by atoms with Crippen LogP contribution in [0.2, 0.25) is 0 Å². The van der Waals surface area contributed by atoms with Gasteiger partial charge in [0.05, 0.1) is 4.90 Å². The van der Waals surface area contributed by atoms with E-state index in [9.17, 15) is 8.42 Å². The van der Waals surface area contributed by atoms with Crippen LogP contribution >= 0.6 is 0 Å². The van der Waals surface area contributed by atoms with E-state index in [-0.39, 0.29) is 4.90 Å². The molecule has 3 atom stereocenters. The Bertz CT molecular complexity index is 630. The summed E-state index contributed by atoms with van der Waals surface area (Å²) in [7, 11) is -3.54. The van der Waals surface area contributed by atoms with Gasteiger partial charge in [-0.05, 0) is 56.1 Å². The third-order valence-corrected chi connectivity index (χ3v) is 5.92. The van der Waals surface area contributed by atoms with E-state index >= 15 is 0 Å². The lowest BCUT2D eigenvalue weighted by molar-refractivity contribution is 0.474. The fourth-order valence-electron chi connectivity index (χ4n) is 3.43. The van der Waals surface area contributed by atoms with E-state index in [1.54, 1.807) is 24.3 Å². The second kappa shape index (κ2) is 4.88. The fraction of sp³-hybridized carbons (Fsp3) is 0.533. The first-order valence-corrected chi connectivity index (χ1v) is 8.61. The Morgan fingerprint density at radius 2 is 1.90 bits per heavy atom. The monoisotopic (exact) mass is 292 g/mol. The van der Waals surface area contributed by atoms with Gasteiger partial charge in [0.2, 0.25) is 0 Å². The molecule has 0 aliphatic heterocycles. The van der Waals surface area contributed by atoms with Crippen molar-refractivity contribution in [3.8, 4) is 0 Å². The molecular weight excluding hydrogens is 272 g/mol. The highest BCUT2D eigenvalue weighted by Gasteiger charge is 2.42. The molecule has 0 aromatic heterocycles. The Balaban J connectivity index is 1.79. The lowest BCUT2D eigenvalue weighted by Gasteiger charge is -2.19. The molecule has 0 heterocycles. The first kappa shape index (κ1) is 13.6.